The molecule has 2 aromatic heterocycles. The van der Waals surface area contributed by atoms with Crippen LogP contribution in [0.2, 0.25) is 0 Å². The molecular weight excluding hydrogens is 650 g/mol. The maximum absolute atomic E-state index is 13.5. The Kier molecular flexibility index (Phi) is 11.0. The van der Waals surface area contributed by atoms with Crippen LogP contribution in [0.3, 0.4) is 0 Å². The Morgan fingerprint density at radius 1 is 1.12 bits per heavy atom. The van der Waals surface area contributed by atoms with Crippen LogP contribution in [-0.4, -0.2) is 55.9 Å². The van der Waals surface area contributed by atoms with Gasteiger partial charge >= 0.3 is 6.09 Å². The van der Waals surface area contributed by atoms with Gasteiger partial charge in [0.2, 0.25) is 11.9 Å². The van der Waals surface area contributed by atoms with E-state index in [1.807, 2.05) is 66.1 Å². The van der Waals surface area contributed by atoms with E-state index in [9.17, 15) is 23.2 Å². The van der Waals surface area contributed by atoms with E-state index in [4.69, 9.17) is 15.0 Å². The second-order valence-electron chi connectivity index (χ2n) is 13.3. The van der Waals surface area contributed by atoms with Gasteiger partial charge in [-0.05, 0) is 60.6 Å². The van der Waals surface area contributed by atoms with Crippen LogP contribution in [0.15, 0.2) is 60.7 Å². The maximum Gasteiger partial charge on any atom is 0.410 e. The molecule has 1 N–H and O–H groups in total. The highest BCUT2D eigenvalue weighted by Gasteiger charge is 2.32. The van der Waals surface area contributed by atoms with Crippen LogP contribution in [0.1, 0.15) is 79.1 Å². The number of halogens is 2. The van der Waals surface area contributed by atoms with Crippen LogP contribution in [0.5, 0.6) is 0 Å². The van der Waals surface area contributed by atoms with Crippen molar-refractivity contribution in [3.8, 4) is 6.07 Å². The third kappa shape index (κ3) is 8.43. The zero-order valence-corrected chi connectivity index (χ0v) is 28.8. The molecule has 0 spiro atoms. The first kappa shape index (κ1) is 35.5. The van der Waals surface area contributed by atoms with E-state index in [0.29, 0.717) is 41.9 Å². The van der Waals surface area contributed by atoms with Crippen LogP contribution < -0.4 is 5.32 Å². The quantitative estimate of drug-likeness (QED) is 0.172. The number of imidazole rings is 1. The number of carbonyl (C=O) groups excluding carboxylic acids is 3. The third-order valence-corrected chi connectivity index (χ3v) is 10.0. The zero-order chi connectivity index (χ0) is 35.3. The second kappa shape index (κ2) is 15.2. The van der Waals surface area contributed by atoms with E-state index in [1.54, 1.807) is 9.80 Å². The molecule has 0 saturated carbocycles. The lowest BCUT2D eigenvalue weighted by Crippen LogP contribution is -2.45. The number of thiophene rings is 1. The first-order valence-corrected chi connectivity index (χ1v) is 17.0. The van der Waals surface area contributed by atoms with Crippen LogP contribution in [0.4, 0.5) is 19.5 Å². The highest BCUT2D eigenvalue weighted by molar-refractivity contribution is 7.14. The van der Waals surface area contributed by atoms with Crippen molar-refractivity contribution in [2.24, 2.45) is 5.41 Å². The number of hydrogen-bond acceptors (Lipinski definition) is 7. The van der Waals surface area contributed by atoms with Crippen molar-refractivity contribution < 1.29 is 27.9 Å². The molecule has 10 nitrogen and oxygen atoms in total. The molecule has 13 heteroatoms. The van der Waals surface area contributed by atoms with E-state index in [2.05, 4.69) is 26.1 Å². The van der Waals surface area contributed by atoms with Crippen molar-refractivity contribution in [2.75, 3.05) is 11.9 Å². The number of likely N-dealkylation sites (tertiary alicyclic amines) is 1. The number of amides is 3. The summed E-state index contributed by atoms with van der Waals surface area (Å²) >= 11 is 0.711. The van der Waals surface area contributed by atoms with Crippen LogP contribution in [0, 0.1) is 16.7 Å². The summed E-state index contributed by atoms with van der Waals surface area (Å²) in [4.78, 5) is 47.5. The van der Waals surface area contributed by atoms with E-state index < -0.39 is 18.4 Å². The number of carbonyl (C=O) groups is 3. The minimum Gasteiger partial charge on any atom is -0.445 e. The number of rotatable bonds is 11. The number of ether oxygens (including phenoxy) is 1. The predicted molar refractivity (Wildman–Crippen MR) is 183 cm³/mol. The van der Waals surface area contributed by atoms with Gasteiger partial charge < -0.3 is 19.1 Å². The number of benzene rings is 2. The molecule has 2 aromatic carbocycles. The Morgan fingerprint density at radius 2 is 1.88 bits per heavy atom. The van der Waals surface area contributed by atoms with Gasteiger partial charge in [-0.3, -0.25) is 14.9 Å². The maximum atomic E-state index is 13.5. The average Bonchev–Trinajstić information content (AvgIpc) is 3.82. The molecule has 3 heterocycles. The van der Waals surface area contributed by atoms with Crippen LogP contribution >= 0.6 is 11.3 Å². The van der Waals surface area contributed by atoms with E-state index >= 15 is 0 Å². The molecule has 0 aliphatic carbocycles. The molecule has 0 radical (unpaired) electrons. The van der Waals surface area contributed by atoms with Crippen molar-refractivity contribution in [3.63, 3.8) is 0 Å². The van der Waals surface area contributed by atoms with Crippen molar-refractivity contribution >= 4 is 46.2 Å². The molecule has 49 heavy (non-hydrogen) atoms. The van der Waals surface area contributed by atoms with Gasteiger partial charge in [0.15, 0.2) is 0 Å². The molecule has 4 aromatic rings. The van der Waals surface area contributed by atoms with Crippen LogP contribution in [0.25, 0.3) is 11.0 Å². The van der Waals surface area contributed by atoms with E-state index in [1.165, 1.54) is 12.1 Å². The van der Waals surface area contributed by atoms with Crippen molar-refractivity contribution in [1.82, 2.24) is 19.4 Å². The number of alkyl halides is 2. The second-order valence-corrected chi connectivity index (χ2v) is 14.4. The Hall–Kier alpha value is -4.83. The molecule has 1 aliphatic rings. The number of anilines is 1. The standard InChI is InChI=1S/C36H40F2N6O4S/c1-23(36(2,3)4)43(35(47)48-22-24-9-6-5-7-10-24)20-25-12-13-28-27(19-25)40-34(41-33(46)30-15-14-29(49-30)32(37)38)44(28)21-26-11-8-18-42(26)31(45)16-17-39/h5-7,9-10,12-15,19,23,26,32H,8,11,16,18,20-22H2,1-4H3,(H,40,41,46)/t23-,26+/m0/s1. The van der Waals surface area contributed by atoms with Gasteiger partial charge in [-0.25, -0.2) is 18.6 Å². The summed E-state index contributed by atoms with van der Waals surface area (Å²) in [6, 6.07) is 19.1. The lowest BCUT2D eigenvalue weighted by Gasteiger charge is -2.37. The van der Waals surface area contributed by atoms with E-state index in [0.717, 1.165) is 17.5 Å². The first-order valence-electron chi connectivity index (χ1n) is 16.2. The number of nitriles is 1. The number of nitrogens with one attached hydrogen (secondary N) is 1. The lowest BCUT2D eigenvalue weighted by atomic mass is 9.87. The van der Waals surface area contributed by atoms with Crippen molar-refractivity contribution in [3.05, 3.63) is 81.5 Å². The SMILES string of the molecule is C[C@H](N(Cc1ccc2c(c1)nc(NC(=O)c1ccc(C(F)F)s1)n2C[C@H]1CCCN1C(=O)CC#N)C(=O)OCc1ccccc1)C(C)(C)C. The molecule has 1 fully saturated rings. The molecule has 5 rings (SSSR count). The van der Waals surface area contributed by atoms with E-state index in [-0.39, 0.29) is 58.7 Å². The van der Waals surface area contributed by atoms with Crippen molar-refractivity contribution in [1.29, 1.82) is 5.26 Å². The lowest BCUT2D eigenvalue weighted by molar-refractivity contribution is -0.131. The summed E-state index contributed by atoms with van der Waals surface area (Å²) in [5.74, 6) is -0.637. The number of hydrogen-bond donors (Lipinski definition) is 1. The van der Waals surface area contributed by atoms with Gasteiger partial charge in [0, 0.05) is 31.7 Å². The highest BCUT2D eigenvalue weighted by atomic mass is 32.1. The van der Waals surface area contributed by atoms with Gasteiger partial charge in [-0.1, -0.05) is 57.2 Å². The van der Waals surface area contributed by atoms with Gasteiger partial charge in [0.25, 0.3) is 12.3 Å². The normalized spacial score (nSPS) is 15.3. The number of aromatic nitrogens is 2. The molecule has 2 atom stereocenters. The van der Waals surface area contributed by atoms with Gasteiger partial charge in [0.1, 0.15) is 13.0 Å². The smallest absolute Gasteiger partial charge is 0.410 e. The topological polar surface area (TPSA) is 121 Å². The highest BCUT2D eigenvalue weighted by Crippen LogP contribution is 2.31. The molecule has 258 valence electrons. The average molecular weight is 691 g/mol. The fourth-order valence-corrected chi connectivity index (χ4v) is 6.63. The summed E-state index contributed by atoms with van der Waals surface area (Å²) in [7, 11) is 0. The first-order chi connectivity index (χ1) is 23.3. The summed E-state index contributed by atoms with van der Waals surface area (Å²) in [6.45, 7) is 9.35. The van der Waals surface area contributed by atoms with Gasteiger partial charge in [-0.15, -0.1) is 11.3 Å². The van der Waals surface area contributed by atoms with Gasteiger partial charge in [0.05, 0.1) is 26.9 Å². The summed E-state index contributed by atoms with van der Waals surface area (Å²) in [5.41, 5.74) is 2.64. The Morgan fingerprint density at radius 3 is 2.55 bits per heavy atom. The monoisotopic (exact) mass is 690 g/mol. The molecule has 3 amide bonds. The zero-order valence-electron chi connectivity index (χ0n) is 28.0. The number of fused-ring (bicyclic) bond motifs is 1. The Labute approximate surface area is 288 Å². The predicted octanol–water partition coefficient (Wildman–Crippen LogP) is 7.77. The fourth-order valence-electron chi connectivity index (χ4n) is 5.87. The van der Waals surface area contributed by atoms with Crippen LogP contribution in [-0.2, 0) is 29.2 Å². The van der Waals surface area contributed by atoms with Crippen molar-refractivity contribution in [2.45, 2.75) is 85.2 Å². The molecule has 1 aliphatic heterocycles. The Bertz CT molecular complexity index is 1850. The summed E-state index contributed by atoms with van der Waals surface area (Å²) in [5, 5.41) is 11.9. The molecule has 0 unspecified atom stereocenters. The minimum absolute atomic E-state index is 0.113. The summed E-state index contributed by atoms with van der Waals surface area (Å²) in [6.07, 6.45) is -1.89. The number of nitrogens with zero attached hydrogens (tertiary/aromatic N) is 5. The largest absolute Gasteiger partial charge is 0.445 e. The minimum atomic E-state index is -2.69. The summed E-state index contributed by atoms with van der Waals surface area (Å²) < 4.78 is 34.0. The van der Waals surface area contributed by atoms with Gasteiger partial charge in [-0.2, -0.15) is 5.26 Å². The molecule has 1 saturated heterocycles. The fraction of sp³-hybridized carbons (Fsp3) is 0.417. The Balaban J connectivity index is 1.46. The molecular formula is C36H40F2N6O4S. The molecule has 0 bridgehead atoms. The third-order valence-electron chi connectivity index (χ3n) is 8.94.